The average molecular weight is 361 g/mol. The Morgan fingerprint density at radius 2 is 1.58 bits per heavy atom. The maximum atomic E-state index is 12.6. The number of hydrogen-bond donors (Lipinski definition) is 1. The first kappa shape index (κ1) is 19.7. The number of Topliss-reactive ketones (excluding diaryl/α,β-unsaturated/α-hetero) is 1. The Labute approximate surface area is 152 Å². The van der Waals surface area contributed by atoms with E-state index < -0.39 is 23.5 Å². The third-order valence-electron chi connectivity index (χ3n) is 4.11. The van der Waals surface area contributed by atoms with Gasteiger partial charge >= 0.3 is 11.9 Å². The zero-order valence-corrected chi connectivity index (χ0v) is 15.3. The van der Waals surface area contributed by atoms with Crippen LogP contribution in [0, 0.1) is 0 Å². The van der Waals surface area contributed by atoms with E-state index in [4.69, 9.17) is 14.2 Å². The van der Waals surface area contributed by atoms with E-state index in [2.05, 4.69) is 5.32 Å². The van der Waals surface area contributed by atoms with Crippen LogP contribution in [0.5, 0.6) is 5.75 Å². The van der Waals surface area contributed by atoms with Crippen molar-refractivity contribution >= 4 is 17.7 Å². The van der Waals surface area contributed by atoms with Crippen LogP contribution in [-0.2, 0) is 23.9 Å². The van der Waals surface area contributed by atoms with Crippen LogP contribution in [-0.4, -0.2) is 43.6 Å². The third-order valence-corrected chi connectivity index (χ3v) is 4.11. The van der Waals surface area contributed by atoms with Gasteiger partial charge in [0.15, 0.2) is 5.78 Å². The molecular formula is C19H23NO6. The number of rotatable bonds is 7. The fourth-order valence-electron chi connectivity index (χ4n) is 2.84. The summed E-state index contributed by atoms with van der Waals surface area (Å²) < 4.78 is 15.3. The predicted octanol–water partition coefficient (Wildman–Crippen LogP) is 1.72. The van der Waals surface area contributed by atoms with E-state index in [0.717, 1.165) is 0 Å². The molecule has 0 radical (unpaired) electrons. The molecule has 1 heterocycles. The van der Waals surface area contributed by atoms with Crippen molar-refractivity contribution in [3.05, 3.63) is 41.5 Å². The first-order chi connectivity index (χ1) is 12.4. The second-order valence-corrected chi connectivity index (χ2v) is 5.76. The number of carbonyl (C=O) groups is 3. The van der Waals surface area contributed by atoms with Crippen molar-refractivity contribution in [2.24, 2.45) is 0 Å². The van der Waals surface area contributed by atoms with Crippen LogP contribution >= 0.6 is 0 Å². The van der Waals surface area contributed by atoms with Crippen LogP contribution in [0.1, 0.15) is 32.4 Å². The number of hydrogen-bond acceptors (Lipinski definition) is 7. The second-order valence-electron chi connectivity index (χ2n) is 5.76. The lowest BCUT2D eigenvalue weighted by Crippen LogP contribution is -2.56. The first-order valence-electron chi connectivity index (χ1n) is 8.39. The largest absolute Gasteiger partial charge is 0.497 e. The van der Waals surface area contributed by atoms with Crippen molar-refractivity contribution < 1.29 is 28.6 Å². The Balaban J connectivity index is 2.49. The monoisotopic (exact) mass is 361 g/mol. The van der Waals surface area contributed by atoms with Gasteiger partial charge in [-0.2, -0.15) is 0 Å². The average Bonchev–Trinajstić information content (AvgIpc) is 3.05. The van der Waals surface area contributed by atoms with Crippen molar-refractivity contribution in [2.45, 2.75) is 32.4 Å². The molecule has 1 N–H and O–H groups in total. The molecule has 0 saturated heterocycles. The number of nitrogens with one attached hydrogen (secondary N) is 1. The molecule has 2 rings (SSSR count). The SMILES string of the molecule is CCOC(=O)C1(C(=O)OCC)C=C(C(C)=O)[C@@H](c2ccc(OC)cc2)N1. The van der Waals surface area contributed by atoms with Gasteiger partial charge in [0.05, 0.1) is 26.4 Å². The summed E-state index contributed by atoms with van der Waals surface area (Å²) in [5.74, 6) is -1.20. The molecule has 1 aliphatic rings. The number of carbonyl (C=O) groups excluding carboxylic acids is 3. The summed E-state index contributed by atoms with van der Waals surface area (Å²) in [4.78, 5) is 37.3. The van der Waals surface area contributed by atoms with Crippen LogP contribution in [0.4, 0.5) is 0 Å². The first-order valence-corrected chi connectivity index (χ1v) is 8.39. The lowest BCUT2D eigenvalue weighted by molar-refractivity contribution is -0.162. The third kappa shape index (κ3) is 3.62. The summed E-state index contributed by atoms with van der Waals surface area (Å²) in [5, 5.41) is 2.96. The van der Waals surface area contributed by atoms with Crippen LogP contribution < -0.4 is 10.1 Å². The maximum absolute atomic E-state index is 12.6. The highest BCUT2D eigenvalue weighted by atomic mass is 16.6. The van der Waals surface area contributed by atoms with E-state index in [9.17, 15) is 14.4 Å². The Bertz CT molecular complexity index is 704. The van der Waals surface area contributed by atoms with Crippen LogP contribution in [0.25, 0.3) is 0 Å². The van der Waals surface area contributed by atoms with Gasteiger partial charge in [-0.1, -0.05) is 12.1 Å². The summed E-state index contributed by atoms with van der Waals surface area (Å²) >= 11 is 0. The molecule has 0 bridgehead atoms. The lowest BCUT2D eigenvalue weighted by atomic mass is 9.97. The fourth-order valence-corrected chi connectivity index (χ4v) is 2.84. The molecule has 0 aliphatic carbocycles. The molecule has 1 aromatic rings. The van der Waals surface area contributed by atoms with Gasteiger partial charge in [0.1, 0.15) is 5.75 Å². The van der Waals surface area contributed by atoms with Gasteiger partial charge in [0.25, 0.3) is 0 Å². The number of benzene rings is 1. The Morgan fingerprint density at radius 1 is 1.04 bits per heavy atom. The molecule has 0 fully saturated rings. The smallest absolute Gasteiger partial charge is 0.342 e. The molecule has 7 heteroatoms. The van der Waals surface area contributed by atoms with Crippen molar-refractivity contribution in [1.82, 2.24) is 5.32 Å². The minimum Gasteiger partial charge on any atom is -0.497 e. The van der Waals surface area contributed by atoms with Gasteiger partial charge in [-0.25, -0.2) is 9.59 Å². The van der Waals surface area contributed by atoms with Crippen molar-refractivity contribution in [3.8, 4) is 5.75 Å². The standard InChI is InChI=1S/C19H23NO6/c1-5-25-17(22)19(18(23)26-6-2)11-15(12(3)21)16(20-19)13-7-9-14(24-4)10-8-13/h7-11,16,20H,5-6H2,1-4H3/t16-/m1/s1. The molecule has 1 atom stereocenters. The summed E-state index contributed by atoms with van der Waals surface area (Å²) in [7, 11) is 1.55. The number of ether oxygens (including phenoxy) is 3. The van der Waals surface area contributed by atoms with Gasteiger partial charge in [-0.05, 0) is 44.5 Å². The van der Waals surface area contributed by atoms with Gasteiger partial charge < -0.3 is 14.2 Å². The number of methoxy groups -OCH3 is 1. The van der Waals surface area contributed by atoms with Gasteiger partial charge in [0.2, 0.25) is 5.54 Å². The summed E-state index contributed by atoms with van der Waals surface area (Å²) in [6, 6.07) is 6.36. The van der Waals surface area contributed by atoms with E-state index in [1.807, 2.05) is 0 Å². The van der Waals surface area contributed by atoms with Crippen molar-refractivity contribution in [2.75, 3.05) is 20.3 Å². The zero-order valence-electron chi connectivity index (χ0n) is 15.3. The molecule has 1 aliphatic heterocycles. The fraction of sp³-hybridized carbons (Fsp3) is 0.421. The minimum atomic E-state index is -1.85. The van der Waals surface area contributed by atoms with Crippen molar-refractivity contribution in [3.63, 3.8) is 0 Å². The Hall–Kier alpha value is -2.67. The molecule has 0 unspecified atom stereocenters. The molecular weight excluding hydrogens is 338 g/mol. The second kappa shape index (κ2) is 8.14. The molecule has 0 aromatic heterocycles. The van der Waals surface area contributed by atoms with Gasteiger partial charge in [-0.3, -0.25) is 10.1 Å². The highest BCUT2D eigenvalue weighted by Crippen LogP contribution is 2.35. The van der Waals surface area contributed by atoms with Crippen LogP contribution in [0.15, 0.2) is 35.9 Å². The van der Waals surface area contributed by atoms with E-state index >= 15 is 0 Å². The van der Waals surface area contributed by atoms with E-state index in [1.165, 1.54) is 13.0 Å². The van der Waals surface area contributed by atoms with Crippen LogP contribution in [0.3, 0.4) is 0 Å². The molecule has 0 saturated carbocycles. The van der Waals surface area contributed by atoms with E-state index in [0.29, 0.717) is 16.9 Å². The summed E-state index contributed by atoms with van der Waals surface area (Å²) in [6.45, 7) is 4.86. The lowest BCUT2D eigenvalue weighted by Gasteiger charge is -2.26. The predicted molar refractivity (Wildman–Crippen MR) is 93.6 cm³/mol. The normalized spacial score (nSPS) is 18.0. The molecule has 140 valence electrons. The Kier molecular flexibility index (Phi) is 6.15. The van der Waals surface area contributed by atoms with Crippen molar-refractivity contribution in [1.29, 1.82) is 0 Å². The topological polar surface area (TPSA) is 90.9 Å². The van der Waals surface area contributed by atoms with Gasteiger partial charge in [0, 0.05) is 5.57 Å². The van der Waals surface area contributed by atoms with E-state index in [-0.39, 0.29) is 19.0 Å². The molecule has 7 nitrogen and oxygen atoms in total. The van der Waals surface area contributed by atoms with Crippen LogP contribution in [0.2, 0.25) is 0 Å². The minimum absolute atomic E-state index is 0.0954. The number of ketones is 1. The Morgan fingerprint density at radius 3 is 2.00 bits per heavy atom. The molecule has 26 heavy (non-hydrogen) atoms. The quantitative estimate of drug-likeness (QED) is 0.584. The van der Waals surface area contributed by atoms with Gasteiger partial charge in [-0.15, -0.1) is 0 Å². The highest BCUT2D eigenvalue weighted by molar-refractivity contribution is 6.11. The zero-order chi connectivity index (χ0) is 19.3. The maximum Gasteiger partial charge on any atom is 0.342 e. The summed E-state index contributed by atoms with van der Waals surface area (Å²) in [6.07, 6.45) is 1.32. The van der Waals surface area contributed by atoms with E-state index in [1.54, 1.807) is 45.2 Å². The number of esters is 2. The highest BCUT2D eigenvalue weighted by Gasteiger charge is 2.54. The summed E-state index contributed by atoms with van der Waals surface area (Å²) in [5.41, 5.74) is -0.837. The molecule has 0 amide bonds. The molecule has 1 aromatic carbocycles. The molecule has 0 spiro atoms.